The second-order valence-electron chi connectivity index (χ2n) is 8.95. The van der Waals surface area contributed by atoms with Crippen LogP contribution < -0.4 is 20.1 Å². The van der Waals surface area contributed by atoms with Gasteiger partial charge in [0.15, 0.2) is 11.5 Å². The molecule has 1 aromatic rings. The smallest absolute Gasteiger partial charge is 0.238 e. The van der Waals surface area contributed by atoms with Gasteiger partial charge >= 0.3 is 0 Å². The molecule has 2 N–H and O–H groups in total. The summed E-state index contributed by atoms with van der Waals surface area (Å²) in [5.41, 5.74) is 0.634. The fourth-order valence-electron chi connectivity index (χ4n) is 3.98. The number of amides is 2. The van der Waals surface area contributed by atoms with E-state index in [9.17, 15) is 9.59 Å². The summed E-state index contributed by atoms with van der Waals surface area (Å²) in [6, 6.07) is 5.51. The van der Waals surface area contributed by atoms with Gasteiger partial charge in [-0.15, -0.1) is 11.8 Å². The first kappa shape index (κ1) is 20.3. The van der Waals surface area contributed by atoms with Gasteiger partial charge in [-0.25, -0.2) is 0 Å². The van der Waals surface area contributed by atoms with Crippen LogP contribution in [0.5, 0.6) is 11.5 Å². The molecular weight excluding hydrogens is 390 g/mol. The maximum atomic E-state index is 12.7. The van der Waals surface area contributed by atoms with E-state index >= 15 is 0 Å². The van der Waals surface area contributed by atoms with E-state index < -0.39 is 0 Å². The first-order valence-corrected chi connectivity index (χ1v) is 11.1. The lowest BCUT2D eigenvalue weighted by Gasteiger charge is -2.41. The number of carbonyl (C=O) groups is 2. The number of thioether (sulfide) groups is 1. The van der Waals surface area contributed by atoms with Crippen LogP contribution >= 0.6 is 11.8 Å². The fraction of sp³-hybridized carbons (Fsp3) is 0.619. The van der Waals surface area contributed by atoms with E-state index in [2.05, 4.69) is 10.6 Å². The van der Waals surface area contributed by atoms with Crippen molar-refractivity contribution in [1.29, 1.82) is 0 Å². The SMILES string of the molecule is CC(C)(C)C(=O)N1CCC2(CC1)N[C@H](C(=O)NCc1ccc3c(c1)OCO3)CS2. The van der Waals surface area contributed by atoms with Gasteiger partial charge in [-0.3, -0.25) is 14.9 Å². The normalized spacial score (nSPS) is 22.7. The maximum absolute atomic E-state index is 12.7. The van der Waals surface area contributed by atoms with Crippen LogP contribution in [0, 0.1) is 5.41 Å². The molecule has 4 rings (SSSR count). The van der Waals surface area contributed by atoms with Crippen LogP contribution in [-0.4, -0.2) is 53.3 Å². The molecule has 0 aliphatic carbocycles. The first-order valence-electron chi connectivity index (χ1n) is 10.1. The predicted molar refractivity (Wildman–Crippen MR) is 112 cm³/mol. The number of piperidine rings is 1. The van der Waals surface area contributed by atoms with Crippen molar-refractivity contribution in [3.05, 3.63) is 23.8 Å². The molecule has 0 unspecified atom stereocenters. The van der Waals surface area contributed by atoms with Gasteiger partial charge in [0.2, 0.25) is 18.6 Å². The molecule has 3 heterocycles. The van der Waals surface area contributed by atoms with Gasteiger partial charge in [-0.1, -0.05) is 26.8 Å². The molecule has 0 aromatic heterocycles. The second kappa shape index (κ2) is 7.72. The summed E-state index contributed by atoms with van der Waals surface area (Å²) >= 11 is 1.81. The molecule has 7 nitrogen and oxygen atoms in total. The van der Waals surface area contributed by atoms with E-state index in [4.69, 9.17) is 9.47 Å². The van der Waals surface area contributed by atoms with Crippen molar-refractivity contribution >= 4 is 23.6 Å². The summed E-state index contributed by atoms with van der Waals surface area (Å²) in [5.74, 6) is 2.43. The minimum absolute atomic E-state index is 0.0141. The zero-order valence-electron chi connectivity index (χ0n) is 17.2. The molecule has 0 radical (unpaired) electrons. The highest BCUT2D eigenvalue weighted by atomic mass is 32.2. The minimum Gasteiger partial charge on any atom is -0.454 e. The zero-order chi connectivity index (χ0) is 20.6. The molecule has 3 aliphatic rings. The van der Waals surface area contributed by atoms with Crippen molar-refractivity contribution in [2.75, 3.05) is 25.6 Å². The van der Waals surface area contributed by atoms with Gasteiger partial charge in [0, 0.05) is 30.8 Å². The number of likely N-dealkylation sites (tertiary alicyclic amines) is 1. The van der Waals surface area contributed by atoms with E-state index in [1.807, 2.05) is 55.6 Å². The number of nitrogens with one attached hydrogen (secondary N) is 2. The van der Waals surface area contributed by atoms with Crippen molar-refractivity contribution in [1.82, 2.24) is 15.5 Å². The Morgan fingerprint density at radius 1 is 1.24 bits per heavy atom. The monoisotopic (exact) mass is 419 g/mol. The topological polar surface area (TPSA) is 79.9 Å². The van der Waals surface area contributed by atoms with E-state index in [-0.39, 0.29) is 34.9 Å². The highest BCUT2D eigenvalue weighted by Gasteiger charge is 2.45. The third-order valence-corrected chi connectivity index (χ3v) is 7.26. The average molecular weight is 420 g/mol. The van der Waals surface area contributed by atoms with Gasteiger partial charge < -0.3 is 19.7 Å². The Bertz CT molecular complexity index is 800. The first-order chi connectivity index (χ1) is 13.8. The Morgan fingerprint density at radius 3 is 2.69 bits per heavy atom. The van der Waals surface area contributed by atoms with Crippen molar-refractivity contribution in [2.24, 2.45) is 5.41 Å². The Morgan fingerprint density at radius 2 is 1.97 bits per heavy atom. The standard InChI is InChI=1S/C21H29N3O4S/c1-20(2,3)19(26)24-8-6-21(7-9-24)23-15(12-29-21)18(25)22-11-14-4-5-16-17(10-14)28-13-27-16/h4-5,10,15,23H,6-9,11-13H2,1-3H3,(H,22,25)/t15-/m0/s1. The van der Waals surface area contributed by atoms with Crippen LogP contribution in [0.2, 0.25) is 0 Å². The van der Waals surface area contributed by atoms with Crippen molar-refractivity contribution in [3.63, 3.8) is 0 Å². The van der Waals surface area contributed by atoms with Crippen LogP contribution in [0.4, 0.5) is 0 Å². The highest BCUT2D eigenvalue weighted by Crippen LogP contribution is 2.40. The van der Waals surface area contributed by atoms with Gasteiger partial charge in [0.25, 0.3) is 0 Å². The summed E-state index contributed by atoms with van der Waals surface area (Å²) in [6.45, 7) is 8.06. The molecule has 2 amide bonds. The van der Waals surface area contributed by atoms with Crippen LogP contribution in [0.25, 0.3) is 0 Å². The maximum Gasteiger partial charge on any atom is 0.238 e. The Labute approximate surface area is 175 Å². The lowest BCUT2D eigenvalue weighted by molar-refractivity contribution is -0.140. The number of rotatable bonds is 3. The largest absolute Gasteiger partial charge is 0.454 e. The Hall–Kier alpha value is -1.93. The molecule has 0 bridgehead atoms. The van der Waals surface area contributed by atoms with Crippen molar-refractivity contribution < 1.29 is 19.1 Å². The number of benzene rings is 1. The van der Waals surface area contributed by atoms with Crippen molar-refractivity contribution in [2.45, 2.75) is 51.1 Å². The fourth-order valence-corrected chi connectivity index (χ4v) is 5.40. The van der Waals surface area contributed by atoms with Crippen molar-refractivity contribution in [3.8, 4) is 11.5 Å². The van der Waals surface area contributed by atoms with Gasteiger partial charge in [0.05, 0.1) is 10.9 Å². The summed E-state index contributed by atoms with van der Waals surface area (Å²) in [5, 5.41) is 6.58. The molecule has 1 atom stereocenters. The molecule has 1 aromatic carbocycles. The van der Waals surface area contributed by atoms with Crippen LogP contribution in [0.1, 0.15) is 39.2 Å². The number of nitrogens with zero attached hydrogens (tertiary/aromatic N) is 1. The van der Waals surface area contributed by atoms with Crippen LogP contribution in [-0.2, 0) is 16.1 Å². The quantitative estimate of drug-likeness (QED) is 0.781. The second-order valence-corrected chi connectivity index (χ2v) is 10.4. The summed E-state index contributed by atoms with van der Waals surface area (Å²) in [7, 11) is 0. The van der Waals surface area contributed by atoms with Gasteiger partial charge in [-0.2, -0.15) is 0 Å². The lowest BCUT2D eigenvalue weighted by atomic mass is 9.92. The highest BCUT2D eigenvalue weighted by molar-refractivity contribution is 8.01. The number of hydrogen-bond acceptors (Lipinski definition) is 6. The molecule has 8 heteroatoms. The van der Waals surface area contributed by atoms with E-state index in [0.717, 1.165) is 48.7 Å². The molecule has 2 saturated heterocycles. The van der Waals surface area contributed by atoms with E-state index in [1.165, 1.54) is 0 Å². The third kappa shape index (κ3) is 4.33. The number of fused-ring (bicyclic) bond motifs is 1. The molecule has 158 valence electrons. The molecule has 0 saturated carbocycles. The van der Waals surface area contributed by atoms with Gasteiger partial charge in [-0.05, 0) is 30.5 Å². The Kier molecular flexibility index (Phi) is 5.42. The van der Waals surface area contributed by atoms with E-state index in [1.54, 1.807) is 0 Å². The lowest BCUT2D eigenvalue weighted by Crippen LogP contribution is -2.55. The number of ether oxygens (including phenoxy) is 2. The van der Waals surface area contributed by atoms with Gasteiger partial charge in [0.1, 0.15) is 0 Å². The Balaban J connectivity index is 1.27. The zero-order valence-corrected chi connectivity index (χ0v) is 18.1. The molecule has 29 heavy (non-hydrogen) atoms. The average Bonchev–Trinajstić information content (AvgIpc) is 3.32. The summed E-state index contributed by atoms with van der Waals surface area (Å²) in [6.07, 6.45) is 1.73. The minimum atomic E-state index is -0.349. The summed E-state index contributed by atoms with van der Waals surface area (Å²) < 4.78 is 10.7. The molecular formula is C21H29N3O4S. The predicted octanol–water partition coefficient (Wildman–Crippen LogP) is 2.10. The van der Waals surface area contributed by atoms with Crippen LogP contribution in [0.3, 0.4) is 0 Å². The molecule has 1 spiro atoms. The number of hydrogen-bond donors (Lipinski definition) is 2. The molecule has 2 fully saturated rings. The van der Waals surface area contributed by atoms with Crippen LogP contribution in [0.15, 0.2) is 18.2 Å². The van der Waals surface area contributed by atoms with E-state index in [0.29, 0.717) is 6.54 Å². The molecule has 3 aliphatic heterocycles. The number of carbonyl (C=O) groups excluding carboxylic acids is 2. The summed E-state index contributed by atoms with van der Waals surface area (Å²) in [4.78, 5) is 27.0. The third-order valence-electron chi connectivity index (χ3n) is 5.68.